The first-order chi connectivity index (χ1) is 16.8. The van der Waals surface area contributed by atoms with E-state index < -0.39 is 33.6 Å². The number of halogens is 5. The number of carbonyl (C=O) groups is 2. The lowest BCUT2D eigenvalue weighted by atomic mass is 10.0. The van der Waals surface area contributed by atoms with Gasteiger partial charge in [-0.25, -0.2) is 17.1 Å². The number of benzene rings is 2. The van der Waals surface area contributed by atoms with Crippen LogP contribution in [0.5, 0.6) is 0 Å². The zero-order valence-corrected chi connectivity index (χ0v) is 23.7. The van der Waals surface area contributed by atoms with Gasteiger partial charge in [0.05, 0.1) is 16.5 Å². The van der Waals surface area contributed by atoms with Crippen LogP contribution in [-0.4, -0.2) is 57.1 Å². The number of likely N-dealkylation sites (tertiary alicyclic amines) is 1. The lowest BCUT2D eigenvalue weighted by molar-refractivity contribution is -0.137. The SMILES string of the molecule is CC[C@@H](NC=O)c1ccc(C(F)(F)F)cc1F.CN(C)S(=O)(=O)c1cccc(C(=O)N2CCCC2)c1.I.[HH]. The van der Waals surface area contributed by atoms with Crippen LogP contribution in [0.3, 0.4) is 0 Å². The molecule has 1 saturated heterocycles. The number of nitrogens with one attached hydrogen (secondary N) is 1. The summed E-state index contributed by atoms with van der Waals surface area (Å²) in [6.07, 6.45) is -1.76. The van der Waals surface area contributed by atoms with Gasteiger partial charge in [0.25, 0.3) is 5.91 Å². The first-order valence-corrected chi connectivity index (χ1v) is 12.6. The number of nitrogens with zero attached hydrogens (tertiary/aromatic N) is 2. The van der Waals surface area contributed by atoms with Crippen molar-refractivity contribution >= 4 is 46.3 Å². The lowest BCUT2D eigenvalue weighted by Crippen LogP contribution is -2.28. The fourth-order valence-electron chi connectivity index (χ4n) is 3.60. The van der Waals surface area contributed by atoms with Crippen LogP contribution in [0.1, 0.15) is 55.1 Å². The highest BCUT2D eigenvalue weighted by Gasteiger charge is 2.31. The molecule has 0 radical (unpaired) electrons. The molecule has 1 atom stereocenters. The zero-order chi connectivity index (χ0) is 27.1. The van der Waals surface area contributed by atoms with E-state index in [2.05, 4.69) is 5.32 Å². The molecule has 1 aliphatic rings. The molecule has 2 aromatic rings. The summed E-state index contributed by atoms with van der Waals surface area (Å²) >= 11 is 0. The Bertz CT molecular complexity index is 1180. The van der Waals surface area contributed by atoms with Crippen LogP contribution in [0.4, 0.5) is 17.6 Å². The molecule has 1 fully saturated rings. The molecule has 3 rings (SSSR count). The summed E-state index contributed by atoms with van der Waals surface area (Å²) in [6.45, 7) is 3.20. The summed E-state index contributed by atoms with van der Waals surface area (Å²) in [6, 6.07) is 7.90. The number of hydrogen-bond donors (Lipinski definition) is 1. The maximum absolute atomic E-state index is 13.5. The summed E-state index contributed by atoms with van der Waals surface area (Å²) in [4.78, 5) is 24.4. The van der Waals surface area contributed by atoms with E-state index in [-0.39, 0.29) is 41.8 Å². The van der Waals surface area contributed by atoms with Gasteiger partial charge in [-0.2, -0.15) is 13.2 Å². The number of alkyl halides is 3. The van der Waals surface area contributed by atoms with E-state index in [9.17, 15) is 35.6 Å². The van der Waals surface area contributed by atoms with Gasteiger partial charge in [0.2, 0.25) is 16.4 Å². The molecule has 208 valence electrons. The van der Waals surface area contributed by atoms with Gasteiger partial charge in [0, 0.05) is 39.7 Å². The second-order valence-electron chi connectivity index (χ2n) is 8.29. The first-order valence-electron chi connectivity index (χ1n) is 11.2. The molecule has 2 amide bonds. The zero-order valence-electron chi connectivity index (χ0n) is 20.6. The Morgan fingerprint density at radius 1 is 1.16 bits per heavy atom. The van der Waals surface area contributed by atoms with Gasteiger partial charge in [-0.05, 0) is 49.6 Å². The van der Waals surface area contributed by atoms with Gasteiger partial charge in [-0.15, -0.1) is 24.0 Å². The van der Waals surface area contributed by atoms with E-state index in [0.717, 1.165) is 42.4 Å². The maximum Gasteiger partial charge on any atom is 0.416 e. The van der Waals surface area contributed by atoms with Gasteiger partial charge >= 0.3 is 6.18 Å². The number of carbonyl (C=O) groups excluding carboxylic acids is 2. The van der Waals surface area contributed by atoms with Gasteiger partial charge in [0.1, 0.15) is 5.82 Å². The van der Waals surface area contributed by atoms with Crippen LogP contribution in [-0.2, 0) is 21.0 Å². The van der Waals surface area contributed by atoms with Crippen LogP contribution >= 0.6 is 24.0 Å². The molecule has 7 nitrogen and oxygen atoms in total. The summed E-state index contributed by atoms with van der Waals surface area (Å²) in [7, 11) is -0.541. The van der Waals surface area contributed by atoms with Crippen molar-refractivity contribution in [3.63, 3.8) is 0 Å². The Kier molecular flexibility index (Phi) is 12.4. The third-order valence-electron chi connectivity index (χ3n) is 5.63. The highest BCUT2D eigenvalue weighted by molar-refractivity contribution is 14.0. The maximum atomic E-state index is 13.5. The number of amides is 2. The van der Waals surface area contributed by atoms with Gasteiger partial charge in [-0.1, -0.05) is 19.1 Å². The van der Waals surface area contributed by atoms with Crippen LogP contribution in [0, 0.1) is 5.82 Å². The highest BCUT2D eigenvalue weighted by atomic mass is 127. The molecule has 1 N–H and O–H groups in total. The second kappa shape index (κ2) is 14.0. The molecule has 0 spiro atoms. The van der Waals surface area contributed by atoms with Crippen molar-refractivity contribution < 1.29 is 37.0 Å². The third-order valence-corrected chi connectivity index (χ3v) is 7.44. The van der Waals surface area contributed by atoms with Gasteiger partial charge in [-0.3, -0.25) is 9.59 Å². The smallest absolute Gasteiger partial charge is 0.352 e. The molecule has 0 aliphatic carbocycles. The molecule has 37 heavy (non-hydrogen) atoms. The number of hydrogen-bond acceptors (Lipinski definition) is 4. The van der Waals surface area contributed by atoms with E-state index in [1.165, 1.54) is 26.2 Å². The van der Waals surface area contributed by atoms with E-state index in [4.69, 9.17) is 0 Å². The summed E-state index contributed by atoms with van der Waals surface area (Å²) in [5.41, 5.74) is -0.558. The second-order valence-corrected chi connectivity index (χ2v) is 10.4. The number of rotatable bonds is 7. The fourth-order valence-corrected chi connectivity index (χ4v) is 4.55. The minimum absolute atomic E-state index is 0. The molecule has 0 bridgehead atoms. The van der Waals surface area contributed by atoms with Crippen LogP contribution in [0.25, 0.3) is 0 Å². The Balaban J connectivity index is 0.000000689. The Morgan fingerprint density at radius 3 is 2.27 bits per heavy atom. The van der Waals surface area contributed by atoms with Crippen LogP contribution in [0.2, 0.25) is 0 Å². The van der Waals surface area contributed by atoms with E-state index >= 15 is 0 Å². The summed E-state index contributed by atoms with van der Waals surface area (Å²) in [5, 5.41) is 2.35. The minimum Gasteiger partial charge on any atom is -0.352 e. The Morgan fingerprint density at radius 2 is 1.78 bits per heavy atom. The predicted molar refractivity (Wildman–Crippen MR) is 144 cm³/mol. The summed E-state index contributed by atoms with van der Waals surface area (Å²) in [5.74, 6) is -1.06. The van der Waals surface area contributed by atoms with Crippen molar-refractivity contribution in [2.24, 2.45) is 0 Å². The average molecular weight is 662 g/mol. The van der Waals surface area contributed by atoms with Crippen LogP contribution < -0.4 is 5.32 Å². The Hall–Kier alpha value is -2.26. The van der Waals surface area contributed by atoms with E-state index in [1.54, 1.807) is 24.0 Å². The molecule has 0 aromatic heterocycles. The van der Waals surface area contributed by atoms with Crippen molar-refractivity contribution in [3.8, 4) is 0 Å². The van der Waals surface area contributed by atoms with E-state index in [1.807, 2.05) is 0 Å². The topological polar surface area (TPSA) is 86.8 Å². The van der Waals surface area contributed by atoms with Crippen molar-refractivity contribution in [3.05, 3.63) is 65.0 Å². The fraction of sp³-hybridized carbons (Fsp3) is 0.417. The third kappa shape index (κ3) is 8.64. The standard InChI is InChI=1S/C13H18N2O3S.C11H11F4NO.HI.H2/c1-14(2)19(17,18)12-7-5-6-11(10-12)13(16)15-8-3-4-9-15;1-2-10(16-6-17)8-4-3-7(5-9(8)12)11(13,14)15;;/h5-7,10H,3-4,8-9H2,1-2H3;3-6,10H,2H2,1H3,(H,16,17);2*1H/t;10-;;/m.1../s1. The normalized spacial score (nSPS) is 14.3. The molecular formula is C24H32F4IN3O4S. The average Bonchev–Trinajstić information content (AvgIpc) is 3.37. The molecular weight excluding hydrogens is 629 g/mol. The van der Waals surface area contributed by atoms with Crippen LogP contribution in [0.15, 0.2) is 47.4 Å². The predicted octanol–water partition coefficient (Wildman–Crippen LogP) is 5.08. The minimum atomic E-state index is -4.57. The highest BCUT2D eigenvalue weighted by Crippen LogP contribution is 2.31. The van der Waals surface area contributed by atoms with Crippen molar-refractivity contribution in [1.82, 2.24) is 14.5 Å². The summed E-state index contributed by atoms with van der Waals surface area (Å²) < 4.78 is 75.6. The molecule has 1 aliphatic heterocycles. The van der Waals surface area contributed by atoms with Gasteiger partial charge in [0.15, 0.2) is 0 Å². The monoisotopic (exact) mass is 661 g/mol. The Labute approximate surface area is 232 Å². The number of sulfonamides is 1. The first kappa shape index (κ1) is 32.8. The largest absolute Gasteiger partial charge is 0.416 e. The van der Waals surface area contributed by atoms with Crippen molar-refractivity contribution in [1.29, 1.82) is 0 Å². The molecule has 2 aromatic carbocycles. The molecule has 13 heteroatoms. The molecule has 0 saturated carbocycles. The molecule has 0 unspecified atom stereocenters. The lowest BCUT2D eigenvalue weighted by Gasteiger charge is -2.16. The van der Waals surface area contributed by atoms with E-state index in [0.29, 0.717) is 24.5 Å². The van der Waals surface area contributed by atoms with Crippen molar-refractivity contribution in [2.75, 3.05) is 27.2 Å². The van der Waals surface area contributed by atoms with Crippen molar-refractivity contribution in [2.45, 2.75) is 43.3 Å². The molecule has 1 heterocycles. The van der Waals surface area contributed by atoms with Gasteiger partial charge < -0.3 is 10.2 Å². The quantitative estimate of drug-likeness (QED) is 0.255.